The first kappa shape index (κ1) is 13.5. The number of rotatable bonds is 3. The monoisotopic (exact) mass is 268 g/mol. The van der Waals surface area contributed by atoms with Crippen molar-refractivity contribution in [1.29, 1.82) is 5.26 Å². The number of hydrogen-bond acceptors (Lipinski definition) is 5. The lowest BCUT2D eigenvalue weighted by Crippen LogP contribution is -2.27. The van der Waals surface area contributed by atoms with Gasteiger partial charge in [-0.05, 0) is 5.56 Å². The molecule has 0 N–H and O–H groups in total. The standard InChI is InChI=1S/C14H12N4O2/c1-18(13-7-12(8-15)16-10-17-13)14(19)20-9-11-5-3-2-4-6-11/h2-7,10H,9H2,1H3. The summed E-state index contributed by atoms with van der Waals surface area (Å²) >= 11 is 0. The molecule has 6 nitrogen and oxygen atoms in total. The third kappa shape index (κ3) is 3.29. The molecule has 2 aromatic rings. The number of carbonyl (C=O) groups is 1. The maximum atomic E-state index is 11.9. The molecule has 0 aliphatic rings. The van der Waals surface area contributed by atoms with Crippen LogP contribution in [0.1, 0.15) is 11.3 Å². The van der Waals surface area contributed by atoms with Gasteiger partial charge in [0.25, 0.3) is 0 Å². The van der Waals surface area contributed by atoms with E-state index in [1.807, 2.05) is 36.4 Å². The SMILES string of the molecule is CN(C(=O)OCc1ccccc1)c1cc(C#N)ncn1. The Morgan fingerprint density at radius 2 is 2.10 bits per heavy atom. The Morgan fingerprint density at radius 3 is 2.80 bits per heavy atom. The van der Waals surface area contributed by atoms with Gasteiger partial charge in [-0.2, -0.15) is 5.26 Å². The summed E-state index contributed by atoms with van der Waals surface area (Å²) in [4.78, 5) is 20.8. The number of benzene rings is 1. The van der Waals surface area contributed by atoms with Crippen LogP contribution in [-0.2, 0) is 11.3 Å². The summed E-state index contributed by atoms with van der Waals surface area (Å²) < 4.78 is 5.16. The largest absolute Gasteiger partial charge is 0.444 e. The van der Waals surface area contributed by atoms with Crippen LogP contribution >= 0.6 is 0 Å². The third-order valence-electron chi connectivity index (χ3n) is 2.59. The molecular formula is C14H12N4O2. The lowest BCUT2D eigenvalue weighted by molar-refractivity contribution is 0.148. The minimum atomic E-state index is -0.545. The summed E-state index contributed by atoms with van der Waals surface area (Å²) in [5.74, 6) is 0.314. The van der Waals surface area contributed by atoms with Crippen molar-refractivity contribution < 1.29 is 9.53 Å². The Balaban J connectivity index is 2.00. The Bertz CT molecular complexity index is 637. The van der Waals surface area contributed by atoms with Crippen molar-refractivity contribution in [1.82, 2.24) is 9.97 Å². The predicted octanol–water partition coefficient (Wildman–Crippen LogP) is 2.12. The van der Waals surface area contributed by atoms with Gasteiger partial charge >= 0.3 is 6.09 Å². The van der Waals surface area contributed by atoms with Gasteiger partial charge in [0, 0.05) is 13.1 Å². The van der Waals surface area contributed by atoms with E-state index in [0.29, 0.717) is 5.82 Å². The van der Waals surface area contributed by atoms with Crippen LogP contribution in [0.4, 0.5) is 10.6 Å². The molecule has 0 fully saturated rings. The number of amides is 1. The maximum absolute atomic E-state index is 11.9. The first-order valence-electron chi connectivity index (χ1n) is 5.87. The first-order valence-corrected chi connectivity index (χ1v) is 5.87. The quantitative estimate of drug-likeness (QED) is 0.851. The van der Waals surface area contributed by atoms with Crippen molar-refractivity contribution in [3.8, 4) is 6.07 Å². The average Bonchev–Trinajstić information content (AvgIpc) is 2.53. The number of nitrogens with zero attached hydrogens (tertiary/aromatic N) is 4. The van der Waals surface area contributed by atoms with Gasteiger partial charge in [0.15, 0.2) is 0 Å². The minimum Gasteiger partial charge on any atom is -0.444 e. The van der Waals surface area contributed by atoms with Crippen LogP contribution in [0.25, 0.3) is 0 Å². The lowest BCUT2D eigenvalue weighted by Gasteiger charge is -2.15. The number of hydrogen-bond donors (Lipinski definition) is 0. The Morgan fingerprint density at radius 1 is 1.35 bits per heavy atom. The molecule has 6 heteroatoms. The van der Waals surface area contributed by atoms with Crippen LogP contribution in [0.3, 0.4) is 0 Å². The topological polar surface area (TPSA) is 79.1 Å². The molecule has 0 saturated carbocycles. The fourth-order valence-corrected chi connectivity index (χ4v) is 1.50. The highest BCUT2D eigenvalue weighted by Crippen LogP contribution is 2.11. The predicted molar refractivity (Wildman–Crippen MR) is 71.8 cm³/mol. The highest BCUT2D eigenvalue weighted by molar-refractivity contribution is 5.85. The molecule has 0 saturated heterocycles. The molecule has 0 unspecified atom stereocenters. The molecule has 1 amide bonds. The Kier molecular flexibility index (Phi) is 4.24. The van der Waals surface area contributed by atoms with Crippen molar-refractivity contribution in [2.75, 3.05) is 11.9 Å². The van der Waals surface area contributed by atoms with Gasteiger partial charge in [-0.3, -0.25) is 4.90 Å². The van der Waals surface area contributed by atoms with E-state index in [2.05, 4.69) is 9.97 Å². The molecule has 2 rings (SSSR count). The molecule has 0 spiro atoms. The van der Waals surface area contributed by atoms with Gasteiger partial charge in [-0.15, -0.1) is 0 Å². The Hall–Kier alpha value is -2.94. The second kappa shape index (κ2) is 6.29. The molecular weight excluding hydrogens is 256 g/mol. The molecule has 0 aliphatic carbocycles. The molecule has 1 aromatic carbocycles. The van der Waals surface area contributed by atoms with Gasteiger partial charge in [0.05, 0.1) is 0 Å². The number of aromatic nitrogens is 2. The average molecular weight is 268 g/mol. The van der Waals surface area contributed by atoms with E-state index in [1.54, 1.807) is 0 Å². The molecule has 0 bridgehead atoms. The molecule has 0 atom stereocenters. The maximum Gasteiger partial charge on any atom is 0.415 e. The van der Waals surface area contributed by atoms with E-state index in [-0.39, 0.29) is 12.3 Å². The number of ether oxygens (including phenoxy) is 1. The molecule has 1 heterocycles. The van der Waals surface area contributed by atoms with E-state index in [4.69, 9.17) is 10.00 Å². The zero-order chi connectivity index (χ0) is 14.4. The summed E-state index contributed by atoms with van der Waals surface area (Å²) in [6, 6.07) is 12.7. The van der Waals surface area contributed by atoms with Crippen molar-refractivity contribution in [3.05, 3.63) is 54.0 Å². The van der Waals surface area contributed by atoms with Crippen LogP contribution in [0.2, 0.25) is 0 Å². The van der Waals surface area contributed by atoms with Crippen LogP contribution in [0.5, 0.6) is 0 Å². The van der Waals surface area contributed by atoms with E-state index in [0.717, 1.165) is 5.56 Å². The van der Waals surface area contributed by atoms with Gasteiger partial charge in [-0.25, -0.2) is 14.8 Å². The van der Waals surface area contributed by atoms with E-state index in [1.165, 1.54) is 24.3 Å². The van der Waals surface area contributed by atoms with Crippen molar-refractivity contribution >= 4 is 11.9 Å². The molecule has 100 valence electrons. The summed E-state index contributed by atoms with van der Waals surface area (Å²) in [5.41, 5.74) is 1.09. The number of anilines is 1. The summed E-state index contributed by atoms with van der Waals surface area (Å²) in [6.45, 7) is 0.181. The molecule has 1 aromatic heterocycles. The highest BCUT2D eigenvalue weighted by Gasteiger charge is 2.14. The van der Waals surface area contributed by atoms with Crippen LogP contribution in [0.15, 0.2) is 42.7 Å². The zero-order valence-corrected chi connectivity index (χ0v) is 10.9. The Labute approximate surface area is 116 Å². The highest BCUT2D eigenvalue weighted by atomic mass is 16.6. The fourth-order valence-electron chi connectivity index (χ4n) is 1.50. The van der Waals surface area contributed by atoms with Crippen molar-refractivity contribution in [2.45, 2.75) is 6.61 Å². The smallest absolute Gasteiger partial charge is 0.415 e. The van der Waals surface area contributed by atoms with Gasteiger partial charge in [0.1, 0.15) is 30.5 Å². The molecule has 0 radical (unpaired) electrons. The second-order valence-electron chi connectivity index (χ2n) is 3.97. The molecule has 0 aliphatic heterocycles. The van der Waals surface area contributed by atoms with Crippen molar-refractivity contribution in [3.63, 3.8) is 0 Å². The zero-order valence-electron chi connectivity index (χ0n) is 10.9. The summed E-state index contributed by atoms with van der Waals surface area (Å²) in [7, 11) is 1.52. The van der Waals surface area contributed by atoms with Crippen LogP contribution in [-0.4, -0.2) is 23.1 Å². The fraction of sp³-hybridized carbons (Fsp3) is 0.143. The van der Waals surface area contributed by atoms with Crippen LogP contribution < -0.4 is 4.90 Å². The van der Waals surface area contributed by atoms with Crippen LogP contribution in [0, 0.1) is 11.3 Å². The number of carbonyl (C=O) groups excluding carboxylic acids is 1. The first-order chi connectivity index (χ1) is 9.70. The number of nitriles is 1. The second-order valence-corrected chi connectivity index (χ2v) is 3.97. The minimum absolute atomic E-state index is 0.181. The van der Waals surface area contributed by atoms with Crippen molar-refractivity contribution in [2.24, 2.45) is 0 Å². The van der Waals surface area contributed by atoms with Gasteiger partial charge < -0.3 is 4.74 Å². The van der Waals surface area contributed by atoms with Gasteiger partial charge in [0.2, 0.25) is 0 Å². The van der Waals surface area contributed by atoms with Gasteiger partial charge in [-0.1, -0.05) is 30.3 Å². The van der Waals surface area contributed by atoms with E-state index < -0.39 is 6.09 Å². The lowest BCUT2D eigenvalue weighted by atomic mass is 10.2. The van der Waals surface area contributed by atoms with E-state index in [9.17, 15) is 4.79 Å². The normalized spacial score (nSPS) is 9.60. The summed E-state index contributed by atoms with van der Waals surface area (Å²) in [5, 5.41) is 8.76. The molecule has 20 heavy (non-hydrogen) atoms. The van der Waals surface area contributed by atoms with E-state index >= 15 is 0 Å². The summed E-state index contributed by atoms with van der Waals surface area (Å²) in [6.07, 6.45) is 0.686. The third-order valence-corrected chi connectivity index (χ3v) is 2.59.